The van der Waals surface area contributed by atoms with Crippen molar-refractivity contribution < 1.29 is 23.1 Å². The summed E-state index contributed by atoms with van der Waals surface area (Å²) < 4.78 is 28.8. The summed E-state index contributed by atoms with van der Waals surface area (Å²) >= 11 is 0. The van der Waals surface area contributed by atoms with E-state index in [0.717, 1.165) is 21.6 Å². The second kappa shape index (κ2) is 6.62. The van der Waals surface area contributed by atoms with E-state index in [9.17, 15) is 18.4 Å². The Kier molecular flexibility index (Phi) is 4.99. The standard InChI is InChI=1S/C16H20F2N2O3/c1-10-4-5-12(11(2)8-10)16(3)14(21)20(15(22)19-16)6-7-23-9-13(17)18/h4-5,8,13H,6-7,9H2,1-3H3,(H,19,22). The lowest BCUT2D eigenvalue weighted by Crippen LogP contribution is -2.41. The van der Waals surface area contributed by atoms with Crippen molar-refractivity contribution in [3.05, 3.63) is 34.9 Å². The molecule has 0 aliphatic carbocycles. The molecule has 1 N–H and O–H groups in total. The van der Waals surface area contributed by atoms with Crippen LogP contribution in [0.1, 0.15) is 23.6 Å². The van der Waals surface area contributed by atoms with Gasteiger partial charge < -0.3 is 10.1 Å². The minimum atomic E-state index is -2.57. The van der Waals surface area contributed by atoms with Crippen LogP contribution in [0.4, 0.5) is 13.6 Å². The van der Waals surface area contributed by atoms with Crippen molar-refractivity contribution in [3.8, 4) is 0 Å². The van der Waals surface area contributed by atoms with Gasteiger partial charge in [-0.1, -0.05) is 23.8 Å². The molecule has 1 atom stereocenters. The van der Waals surface area contributed by atoms with Gasteiger partial charge in [0, 0.05) is 0 Å². The minimum Gasteiger partial charge on any atom is -0.374 e. The number of carbonyl (C=O) groups excluding carboxylic acids is 2. The van der Waals surface area contributed by atoms with Gasteiger partial charge in [0.25, 0.3) is 12.3 Å². The molecule has 0 spiro atoms. The summed E-state index contributed by atoms with van der Waals surface area (Å²) in [6.07, 6.45) is -2.57. The molecule has 1 aromatic rings. The molecule has 1 unspecified atom stereocenters. The molecule has 126 valence electrons. The highest BCUT2D eigenvalue weighted by atomic mass is 19.3. The Balaban J connectivity index is 2.13. The first kappa shape index (κ1) is 17.3. The van der Waals surface area contributed by atoms with Crippen LogP contribution in [0.15, 0.2) is 18.2 Å². The number of nitrogens with zero attached hydrogens (tertiary/aromatic N) is 1. The zero-order valence-electron chi connectivity index (χ0n) is 13.4. The van der Waals surface area contributed by atoms with E-state index < -0.39 is 30.5 Å². The number of rotatable bonds is 6. The summed E-state index contributed by atoms with van der Waals surface area (Å²) in [6.45, 7) is 4.58. The topological polar surface area (TPSA) is 58.6 Å². The lowest BCUT2D eigenvalue weighted by Gasteiger charge is -2.24. The Morgan fingerprint density at radius 1 is 1.30 bits per heavy atom. The number of carbonyl (C=O) groups is 2. The van der Waals surface area contributed by atoms with Crippen molar-refractivity contribution in [2.24, 2.45) is 0 Å². The minimum absolute atomic E-state index is 0.0577. The van der Waals surface area contributed by atoms with Gasteiger partial charge in [0.05, 0.1) is 13.2 Å². The zero-order chi connectivity index (χ0) is 17.2. The summed E-state index contributed by atoms with van der Waals surface area (Å²) in [5.74, 6) is -0.407. The van der Waals surface area contributed by atoms with Crippen LogP contribution < -0.4 is 5.32 Å². The third-order valence-electron chi connectivity index (χ3n) is 3.90. The Morgan fingerprint density at radius 3 is 2.61 bits per heavy atom. The Morgan fingerprint density at radius 2 is 2.00 bits per heavy atom. The highest BCUT2D eigenvalue weighted by Crippen LogP contribution is 2.31. The number of hydrogen-bond acceptors (Lipinski definition) is 3. The van der Waals surface area contributed by atoms with E-state index in [1.807, 2.05) is 32.0 Å². The normalized spacial score (nSPS) is 21.2. The van der Waals surface area contributed by atoms with Crippen molar-refractivity contribution in [3.63, 3.8) is 0 Å². The van der Waals surface area contributed by atoms with Crippen LogP contribution in [0, 0.1) is 13.8 Å². The fourth-order valence-electron chi connectivity index (χ4n) is 2.79. The van der Waals surface area contributed by atoms with Crippen molar-refractivity contribution >= 4 is 11.9 Å². The van der Waals surface area contributed by atoms with Gasteiger partial charge >= 0.3 is 6.03 Å². The molecule has 0 aromatic heterocycles. The molecule has 0 saturated carbocycles. The zero-order valence-corrected chi connectivity index (χ0v) is 13.4. The molecule has 2 rings (SSSR count). The molecule has 1 aliphatic rings. The lowest BCUT2D eigenvalue weighted by molar-refractivity contribution is -0.131. The highest BCUT2D eigenvalue weighted by molar-refractivity contribution is 6.07. The SMILES string of the molecule is Cc1ccc(C2(C)NC(=O)N(CCOCC(F)F)C2=O)c(C)c1. The van der Waals surface area contributed by atoms with Gasteiger partial charge in [-0.25, -0.2) is 13.6 Å². The van der Waals surface area contributed by atoms with Gasteiger partial charge in [0.15, 0.2) is 0 Å². The predicted molar refractivity (Wildman–Crippen MR) is 80.3 cm³/mol. The molecule has 23 heavy (non-hydrogen) atoms. The summed E-state index contributed by atoms with van der Waals surface area (Å²) in [7, 11) is 0. The van der Waals surface area contributed by atoms with Gasteiger partial charge in [-0.3, -0.25) is 9.69 Å². The maximum atomic E-state index is 12.6. The van der Waals surface area contributed by atoms with Crippen LogP contribution in [-0.2, 0) is 15.1 Å². The number of ether oxygens (including phenoxy) is 1. The molecule has 1 fully saturated rings. The van der Waals surface area contributed by atoms with E-state index in [4.69, 9.17) is 4.74 Å². The summed E-state index contributed by atoms with van der Waals surface area (Å²) in [4.78, 5) is 25.7. The number of aryl methyl sites for hydroxylation is 2. The van der Waals surface area contributed by atoms with Gasteiger partial charge in [0.2, 0.25) is 0 Å². The van der Waals surface area contributed by atoms with Crippen LogP contribution in [0.3, 0.4) is 0 Å². The van der Waals surface area contributed by atoms with Gasteiger partial charge in [0.1, 0.15) is 12.1 Å². The molecule has 1 aliphatic heterocycles. The third-order valence-corrected chi connectivity index (χ3v) is 3.90. The summed E-state index contributed by atoms with van der Waals surface area (Å²) in [6, 6.07) is 5.09. The van der Waals surface area contributed by atoms with Crippen molar-refractivity contribution in [2.75, 3.05) is 19.8 Å². The second-order valence-electron chi connectivity index (χ2n) is 5.80. The molecule has 5 nitrogen and oxygen atoms in total. The average Bonchev–Trinajstić information content (AvgIpc) is 2.66. The van der Waals surface area contributed by atoms with Crippen LogP contribution >= 0.6 is 0 Å². The number of benzene rings is 1. The van der Waals surface area contributed by atoms with Gasteiger partial charge in [-0.2, -0.15) is 0 Å². The fraction of sp³-hybridized carbons (Fsp3) is 0.500. The molecule has 3 amide bonds. The number of hydrogen-bond donors (Lipinski definition) is 1. The monoisotopic (exact) mass is 326 g/mol. The van der Waals surface area contributed by atoms with Crippen LogP contribution in [0.25, 0.3) is 0 Å². The smallest absolute Gasteiger partial charge is 0.325 e. The van der Waals surface area contributed by atoms with E-state index in [1.54, 1.807) is 6.92 Å². The molecule has 0 bridgehead atoms. The quantitative estimate of drug-likeness (QED) is 0.645. The molecular formula is C16H20F2N2O3. The lowest BCUT2D eigenvalue weighted by atomic mass is 9.88. The maximum Gasteiger partial charge on any atom is 0.325 e. The molecule has 1 heterocycles. The fourth-order valence-corrected chi connectivity index (χ4v) is 2.79. The maximum absolute atomic E-state index is 12.6. The van der Waals surface area contributed by atoms with E-state index in [-0.39, 0.29) is 13.2 Å². The van der Waals surface area contributed by atoms with Gasteiger partial charge in [-0.15, -0.1) is 0 Å². The second-order valence-corrected chi connectivity index (χ2v) is 5.80. The first-order valence-corrected chi connectivity index (χ1v) is 7.33. The largest absolute Gasteiger partial charge is 0.374 e. The number of imide groups is 1. The average molecular weight is 326 g/mol. The molecular weight excluding hydrogens is 306 g/mol. The van der Waals surface area contributed by atoms with E-state index in [0.29, 0.717) is 0 Å². The number of nitrogens with one attached hydrogen (secondary N) is 1. The molecule has 7 heteroatoms. The van der Waals surface area contributed by atoms with Crippen LogP contribution in [0.5, 0.6) is 0 Å². The Hall–Kier alpha value is -2.02. The Bertz CT molecular complexity index is 621. The highest BCUT2D eigenvalue weighted by Gasteiger charge is 2.49. The number of urea groups is 1. The first-order chi connectivity index (χ1) is 10.8. The van der Waals surface area contributed by atoms with Crippen LogP contribution in [-0.4, -0.2) is 43.0 Å². The predicted octanol–water partition coefficient (Wildman–Crippen LogP) is 2.35. The molecule has 1 aromatic carbocycles. The van der Waals surface area contributed by atoms with Crippen molar-refractivity contribution in [1.29, 1.82) is 0 Å². The molecule has 0 radical (unpaired) electrons. The summed E-state index contributed by atoms with van der Waals surface area (Å²) in [5, 5.41) is 2.69. The molecule has 1 saturated heterocycles. The number of halogens is 2. The number of alkyl halides is 2. The van der Waals surface area contributed by atoms with E-state index in [1.165, 1.54) is 0 Å². The third kappa shape index (κ3) is 3.50. The van der Waals surface area contributed by atoms with E-state index in [2.05, 4.69) is 5.32 Å². The summed E-state index contributed by atoms with van der Waals surface area (Å²) in [5.41, 5.74) is 1.52. The van der Waals surface area contributed by atoms with Crippen molar-refractivity contribution in [1.82, 2.24) is 10.2 Å². The van der Waals surface area contributed by atoms with E-state index >= 15 is 0 Å². The first-order valence-electron chi connectivity index (χ1n) is 7.33. The number of amides is 3. The van der Waals surface area contributed by atoms with Gasteiger partial charge in [-0.05, 0) is 31.9 Å². The van der Waals surface area contributed by atoms with Crippen molar-refractivity contribution in [2.45, 2.75) is 32.7 Å². The van der Waals surface area contributed by atoms with Crippen LogP contribution in [0.2, 0.25) is 0 Å². The Labute approximate surface area is 133 Å².